The van der Waals surface area contributed by atoms with E-state index in [0.29, 0.717) is 18.8 Å². The summed E-state index contributed by atoms with van der Waals surface area (Å²) in [5.74, 6) is 0.118. The van der Waals surface area contributed by atoms with Crippen LogP contribution in [-0.2, 0) is 0 Å². The van der Waals surface area contributed by atoms with Gasteiger partial charge in [0.1, 0.15) is 11.6 Å². The predicted octanol–water partition coefficient (Wildman–Crippen LogP) is 2.70. The molecule has 1 N–H and O–H groups in total. The zero-order chi connectivity index (χ0) is 21.3. The number of likely N-dealkylation sites (N-methyl/N-ethyl adjacent to an activating group) is 1. The molecule has 0 bridgehead atoms. The van der Waals surface area contributed by atoms with Crippen LogP contribution in [0, 0.1) is 11.6 Å². The van der Waals surface area contributed by atoms with Crippen LogP contribution in [0.4, 0.5) is 14.5 Å². The molecule has 2 aliphatic heterocycles. The second-order valence-corrected chi connectivity index (χ2v) is 8.03. The maximum atomic E-state index is 14.0. The Kier molecular flexibility index (Phi) is 11.2. The Morgan fingerprint density at radius 3 is 2.29 bits per heavy atom. The molecule has 2 fully saturated rings. The Bertz CT molecular complexity index is 689. The zero-order valence-corrected chi connectivity index (χ0v) is 21.2. The van der Waals surface area contributed by atoms with E-state index in [0.717, 1.165) is 51.2 Å². The molecular weight excluding hydrogens is 513 g/mol. The molecule has 0 spiro atoms. The van der Waals surface area contributed by atoms with E-state index >= 15 is 0 Å². The van der Waals surface area contributed by atoms with Crippen LogP contribution in [0.2, 0.25) is 0 Å². The van der Waals surface area contributed by atoms with Gasteiger partial charge in [0.2, 0.25) is 0 Å². The van der Waals surface area contributed by atoms with Crippen molar-refractivity contribution in [1.82, 2.24) is 20.0 Å². The molecule has 31 heavy (non-hydrogen) atoms. The lowest BCUT2D eigenvalue weighted by molar-refractivity contribution is 0.136. The van der Waals surface area contributed by atoms with E-state index in [1.807, 2.05) is 4.90 Å². The number of hydrogen-bond donors (Lipinski definition) is 1. The topological polar surface area (TPSA) is 37.4 Å². The number of nitrogens with zero attached hydrogens (tertiary/aromatic N) is 5. The lowest BCUT2D eigenvalue weighted by atomic mass is 10.2. The number of rotatable bonds is 7. The van der Waals surface area contributed by atoms with Crippen LogP contribution >= 0.6 is 24.0 Å². The van der Waals surface area contributed by atoms with E-state index in [4.69, 9.17) is 0 Å². The number of aliphatic imine (C=N–C) groups is 1. The minimum atomic E-state index is -0.404. The van der Waals surface area contributed by atoms with E-state index in [1.165, 1.54) is 44.7 Å². The Morgan fingerprint density at radius 1 is 0.968 bits per heavy atom. The van der Waals surface area contributed by atoms with Gasteiger partial charge in [0.15, 0.2) is 5.96 Å². The summed E-state index contributed by atoms with van der Waals surface area (Å²) in [5, 5.41) is 3.46. The monoisotopic (exact) mass is 550 g/mol. The number of hydrogen-bond acceptors (Lipinski definition) is 4. The average Bonchev–Trinajstić information content (AvgIpc) is 2.78. The molecule has 176 valence electrons. The second-order valence-electron chi connectivity index (χ2n) is 8.03. The molecule has 0 unspecified atom stereocenters. The Morgan fingerprint density at radius 2 is 1.65 bits per heavy atom. The highest BCUT2D eigenvalue weighted by molar-refractivity contribution is 14.0. The van der Waals surface area contributed by atoms with Gasteiger partial charge in [0.25, 0.3) is 0 Å². The molecule has 9 heteroatoms. The molecule has 2 saturated heterocycles. The molecule has 0 saturated carbocycles. The van der Waals surface area contributed by atoms with Gasteiger partial charge >= 0.3 is 0 Å². The molecule has 0 atom stereocenters. The van der Waals surface area contributed by atoms with Crippen molar-refractivity contribution < 1.29 is 8.78 Å². The van der Waals surface area contributed by atoms with Gasteiger partial charge < -0.3 is 24.9 Å². The van der Waals surface area contributed by atoms with Crippen molar-refractivity contribution in [3.63, 3.8) is 0 Å². The summed E-state index contributed by atoms with van der Waals surface area (Å²) in [6.45, 7) is 12.9. The Labute approximate surface area is 202 Å². The highest BCUT2D eigenvalue weighted by Gasteiger charge is 2.22. The Hall–Kier alpha value is -1.20. The van der Waals surface area contributed by atoms with E-state index in [2.05, 4.69) is 31.9 Å². The highest BCUT2D eigenvalue weighted by Crippen LogP contribution is 2.21. The van der Waals surface area contributed by atoms with Gasteiger partial charge in [-0.3, -0.25) is 4.99 Å². The van der Waals surface area contributed by atoms with Crippen molar-refractivity contribution in [2.24, 2.45) is 4.99 Å². The number of piperazine rings is 2. The molecule has 0 aliphatic carbocycles. The summed E-state index contributed by atoms with van der Waals surface area (Å²) >= 11 is 0. The molecule has 0 amide bonds. The van der Waals surface area contributed by atoms with Crippen molar-refractivity contribution in [3.05, 3.63) is 29.8 Å². The SMILES string of the molecule is CCN1CCN(CCCCNC(=NC)N2CCN(c3cc(F)ccc3F)CC2)CC1.I. The smallest absolute Gasteiger partial charge is 0.193 e. The van der Waals surface area contributed by atoms with Crippen molar-refractivity contribution in [3.8, 4) is 0 Å². The van der Waals surface area contributed by atoms with Crippen molar-refractivity contribution in [2.75, 3.05) is 83.9 Å². The van der Waals surface area contributed by atoms with Crippen LogP contribution in [0.1, 0.15) is 19.8 Å². The fraction of sp³-hybridized carbons (Fsp3) is 0.682. The van der Waals surface area contributed by atoms with E-state index < -0.39 is 5.82 Å². The number of benzene rings is 1. The molecule has 1 aromatic carbocycles. The van der Waals surface area contributed by atoms with Crippen molar-refractivity contribution in [2.45, 2.75) is 19.8 Å². The quantitative estimate of drug-likeness (QED) is 0.245. The third-order valence-corrected chi connectivity index (χ3v) is 6.14. The zero-order valence-electron chi connectivity index (χ0n) is 18.8. The third kappa shape index (κ3) is 7.71. The Balaban J connectivity index is 0.00000341. The van der Waals surface area contributed by atoms with Crippen molar-refractivity contribution in [1.29, 1.82) is 0 Å². The largest absolute Gasteiger partial charge is 0.366 e. The van der Waals surface area contributed by atoms with E-state index in [-0.39, 0.29) is 29.8 Å². The minimum Gasteiger partial charge on any atom is -0.366 e. The number of unbranched alkanes of at least 4 members (excludes halogenated alkanes) is 1. The van der Waals surface area contributed by atoms with Gasteiger partial charge in [-0.2, -0.15) is 0 Å². The number of anilines is 1. The van der Waals surface area contributed by atoms with Crippen LogP contribution in [0.5, 0.6) is 0 Å². The standard InChI is InChI=1S/C22H36F2N6.HI/c1-3-27-10-12-28(13-11-27)9-5-4-8-26-22(25-2)30-16-14-29(15-17-30)21-18-19(23)6-7-20(21)24;/h6-7,18H,3-5,8-17H2,1-2H3,(H,25,26);1H. The fourth-order valence-corrected chi connectivity index (χ4v) is 4.21. The molecule has 6 nitrogen and oxygen atoms in total. The van der Waals surface area contributed by atoms with Crippen molar-refractivity contribution >= 4 is 35.6 Å². The molecule has 0 aromatic heterocycles. The lowest BCUT2D eigenvalue weighted by Crippen LogP contribution is -2.52. The van der Waals surface area contributed by atoms with E-state index in [1.54, 1.807) is 7.05 Å². The van der Waals surface area contributed by atoms with Crippen LogP contribution < -0.4 is 10.2 Å². The van der Waals surface area contributed by atoms with Gasteiger partial charge in [0, 0.05) is 72.0 Å². The second kappa shape index (κ2) is 13.4. The lowest BCUT2D eigenvalue weighted by Gasteiger charge is -2.37. The first kappa shape index (κ1) is 26.1. The fourth-order valence-electron chi connectivity index (χ4n) is 4.21. The van der Waals surface area contributed by atoms with Gasteiger partial charge in [-0.25, -0.2) is 8.78 Å². The van der Waals surface area contributed by atoms with Gasteiger partial charge in [-0.15, -0.1) is 24.0 Å². The summed E-state index contributed by atoms with van der Waals surface area (Å²) in [6, 6.07) is 3.63. The summed E-state index contributed by atoms with van der Waals surface area (Å²) in [6.07, 6.45) is 2.30. The molecule has 2 heterocycles. The first-order chi connectivity index (χ1) is 14.6. The first-order valence-corrected chi connectivity index (χ1v) is 11.2. The normalized spacial score (nSPS) is 18.8. The summed E-state index contributed by atoms with van der Waals surface area (Å²) < 4.78 is 27.5. The van der Waals surface area contributed by atoms with Gasteiger partial charge in [-0.05, 0) is 38.1 Å². The maximum absolute atomic E-state index is 14.0. The number of guanidine groups is 1. The third-order valence-electron chi connectivity index (χ3n) is 6.14. The van der Waals surface area contributed by atoms with E-state index in [9.17, 15) is 8.78 Å². The van der Waals surface area contributed by atoms with Crippen LogP contribution in [0.15, 0.2) is 23.2 Å². The number of halogens is 3. The summed E-state index contributed by atoms with van der Waals surface area (Å²) in [4.78, 5) is 13.6. The summed E-state index contributed by atoms with van der Waals surface area (Å²) in [7, 11) is 1.80. The molecule has 2 aliphatic rings. The highest BCUT2D eigenvalue weighted by atomic mass is 127. The molecular formula is C22H37F2IN6. The predicted molar refractivity (Wildman–Crippen MR) is 135 cm³/mol. The van der Waals surface area contributed by atoms with Gasteiger partial charge in [0.05, 0.1) is 5.69 Å². The van der Waals surface area contributed by atoms with Gasteiger partial charge in [-0.1, -0.05) is 6.92 Å². The molecule has 3 rings (SSSR count). The van der Waals surface area contributed by atoms with Crippen LogP contribution in [0.25, 0.3) is 0 Å². The first-order valence-electron chi connectivity index (χ1n) is 11.2. The summed E-state index contributed by atoms with van der Waals surface area (Å²) in [5.41, 5.74) is 0.345. The van der Waals surface area contributed by atoms with Crippen LogP contribution in [0.3, 0.4) is 0 Å². The molecule has 0 radical (unpaired) electrons. The average molecular weight is 550 g/mol. The minimum absolute atomic E-state index is 0. The van der Waals surface area contributed by atoms with Crippen LogP contribution in [-0.4, -0.2) is 99.7 Å². The maximum Gasteiger partial charge on any atom is 0.193 e. The number of nitrogens with one attached hydrogen (secondary N) is 1. The molecule has 1 aromatic rings.